The van der Waals surface area contributed by atoms with Crippen LogP contribution >= 0.6 is 11.6 Å². The molecule has 0 aliphatic carbocycles. The number of ether oxygens (including phenoxy) is 1. The normalized spacial score (nSPS) is 20.2. The van der Waals surface area contributed by atoms with Gasteiger partial charge < -0.3 is 9.84 Å². The van der Waals surface area contributed by atoms with Crippen LogP contribution in [0.15, 0.2) is 18.2 Å². The standard InChI is InChI=1S/C12H15ClO2/c1-9-10(3-2-4-11(9)13)12(14)5-7-15-8-6-12/h2-4,14H,5-8H2,1H3. The largest absolute Gasteiger partial charge is 0.385 e. The zero-order valence-electron chi connectivity index (χ0n) is 8.79. The molecule has 1 aliphatic rings. The lowest BCUT2D eigenvalue weighted by Gasteiger charge is -2.33. The van der Waals surface area contributed by atoms with E-state index >= 15 is 0 Å². The molecule has 0 aromatic heterocycles. The van der Waals surface area contributed by atoms with Gasteiger partial charge in [-0.2, -0.15) is 0 Å². The molecule has 1 aromatic rings. The second kappa shape index (κ2) is 4.12. The van der Waals surface area contributed by atoms with Crippen molar-refractivity contribution in [2.24, 2.45) is 0 Å². The van der Waals surface area contributed by atoms with E-state index in [1.807, 2.05) is 25.1 Å². The SMILES string of the molecule is Cc1c(Cl)cccc1C1(O)CCOCC1. The molecule has 3 heteroatoms. The number of hydrogen-bond acceptors (Lipinski definition) is 2. The molecule has 1 N–H and O–H groups in total. The molecule has 2 nitrogen and oxygen atoms in total. The smallest absolute Gasteiger partial charge is 0.0943 e. The monoisotopic (exact) mass is 226 g/mol. The van der Waals surface area contributed by atoms with E-state index in [-0.39, 0.29) is 0 Å². The molecule has 82 valence electrons. The molecule has 1 fully saturated rings. The van der Waals surface area contributed by atoms with Crippen LogP contribution in [0.5, 0.6) is 0 Å². The van der Waals surface area contributed by atoms with E-state index in [1.165, 1.54) is 0 Å². The lowest BCUT2D eigenvalue weighted by molar-refractivity contribution is -0.0682. The van der Waals surface area contributed by atoms with Crippen LogP contribution in [0.2, 0.25) is 5.02 Å². The van der Waals surface area contributed by atoms with Crippen LogP contribution in [0.1, 0.15) is 24.0 Å². The zero-order valence-corrected chi connectivity index (χ0v) is 9.55. The predicted octanol–water partition coefficient (Wildman–Crippen LogP) is 2.65. The molecule has 0 atom stereocenters. The highest BCUT2D eigenvalue weighted by Gasteiger charge is 2.33. The lowest BCUT2D eigenvalue weighted by Crippen LogP contribution is -2.34. The van der Waals surface area contributed by atoms with Gasteiger partial charge in [0.2, 0.25) is 0 Å². The molecule has 0 amide bonds. The van der Waals surface area contributed by atoms with Crippen molar-refractivity contribution in [1.29, 1.82) is 0 Å². The average Bonchev–Trinajstić information content (AvgIpc) is 2.23. The van der Waals surface area contributed by atoms with E-state index in [4.69, 9.17) is 16.3 Å². The molecule has 1 aliphatic heterocycles. The van der Waals surface area contributed by atoms with Crippen molar-refractivity contribution >= 4 is 11.6 Å². The van der Waals surface area contributed by atoms with Crippen LogP contribution in [-0.4, -0.2) is 18.3 Å². The number of aliphatic hydroxyl groups is 1. The van der Waals surface area contributed by atoms with Crippen molar-refractivity contribution in [3.05, 3.63) is 34.3 Å². The van der Waals surface area contributed by atoms with Gasteiger partial charge in [-0.15, -0.1) is 0 Å². The van der Waals surface area contributed by atoms with Gasteiger partial charge in [0.1, 0.15) is 0 Å². The van der Waals surface area contributed by atoms with Crippen LogP contribution < -0.4 is 0 Å². The van der Waals surface area contributed by atoms with Gasteiger partial charge in [0, 0.05) is 31.1 Å². The average molecular weight is 227 g/mol. The van der Waals surface area contributed by atoms with E-state index in [9.17, 15) is 5.11 Å². The van der Waals surface area contributed by atoms with Crippen molar-refractivity contribution in [2.75, 3.05) is 13.2 Å². The Morgan fingerprint density at radius 3 is 2.67 bits per heavy atom. The molecule has 0 bridgehead atoms. The second-order valence-electron chi connectivity index (χ2n) is 4.06. The van der Waals surface area contributed by atoms with E-state index in [2.05, 4.69) is 0 Å². The summed E-state index contributed by atoms with van der Waals surface area (Å²) in [7, 11) is 0. The van der Waals surface area contributed by atoms with Crippen molar-refractivity contribution in [2.45, 2.75) is 25.4 Å². The summed E-state index contributed by atoms with van der Waals surface area (Å²) in [6.45, 7) is 3.18. The van der Waals surface area contributed by atoms with Gasteiger partial charge in [-0.3, -0.25) is 0 Å². The Bertz CT molecular complexity index is 357. The predicted molar refractivity (Wildman–Crippen MR) is 60.1 cm³/mol. The molecular formula is C12H15ClO2. The maximum Gasteiger partial charge on any atom is 0.0943 e. The number of rotatable bonds is 1. The fourth-order valence-electron chi connectivity index (χ4n) is 2.09. The molecule has 1 aromatic carbocycles. The highest BCUT2D eigenvalue weighted by Crippen LogP contribution is 2.35. The van der Waals surface area contributed by atoms with E-state index in [0.717, 1.165) is 11.1 Å². The van der Waals surface area contributed by atoms with Crippen LogP contribution in [0, 0.1) is 6.92 Å². The minimum Gasteiger partial charge on any atom is -0.385 e. The minimum atomic E-state index is -0.757. The lowest BCUT2D eigenvalue weighted by atomic mass is 9.84. The maximum atomic E-state index is 10.5. The molecule has 15 heavy (non-hydrogen) atoms. The Morgan fingerprint density at radius 1 is 1.33 bits per heavy atom. The Labute approximate surface area is 94.8 Å². The molecule has 1 heterocycles. The fourth-order valence-corrected chi connectivity index (χ4v) is 2.26. The summed E-state index contributed by atoms with van der Waals surface area (Å²) in [5.74, 6) is 0. The zero-order chi connectivity index (χ0) is 10.9. The van der Waals surface area contributed by atoms with E-state index in [0.29, 0.717) is 31.1 Å². The Hall–Kier alpha value is -0.570. The third-order valence-corrected chi connectivity index (χ3v) is 3.50. The van der Waals surface area contributed by atoms with Crippen LogP contribution in [0.4, 0.5) is 0 Å². The van der Waals surface area contributed by atoms with Gasteiger partial charge in [0.25, 0.3) is 0 Å². The van der Waals surface area contributed by atoms with Crippen molar-refractivity contribution in [1.82, 2.24) is 0 Å². The van der Waals surface area contributed by atoms with Crippen molar-refractivity contribution < 1.29 is 9.84 Å². The van der Waals surface area contributed by atoms with Gasteiger partial charge in [0.05, 0.1) is 5.60 Å². The second-order valence-corrected chi connectivity index (χ2v) is 4.46. The summed E-state index contributed by atoms with van der Waals surface area (Å²) in [5, 5.41) is 11.2. The van der Waals surface area contributed by atoms with Gasteiger partial charge in [-0.25, -0.2) is 0 Å². The first-order valence-electron chi connectivity index (χ1n) is 5.19. The molecule has 2 rings (SSSR count). The van der Waals surface area contributed by atoms with Gasteiger partial charge in [0.15, 0.2) is 0 Å². The summed E-state index contributed by atoms with van der Waals surface area (Å²) in [6.07, 6.45) is 1.29. The van der Waals surface area contributed by atoms with Gasteiger partial charge >= 0.3 is 0 Å². The summed E-state index contributed by atoms with van der Waals surface area (Å²) < 4.78 is 5.26. The van der Waals surface area contributed by atoms with Gasteiger partial charge in [-0.05, 0) is 24.1 Å². The summed E-state index contributed by atoms with van der Waals surface area (Å²) in [5.41, 5.74) is 1.16. The summed E-state index contributed by atoms with van der Waals surface area (Å²) in [6, 6.07) is 5.69. The van der Waals surface area contributed by atoms with Crippen LogP contribution in [0.25, 0.3) is 0 Å². The Balaban J connectivity index is 2.39. The molecule has 1 saturated heterocycles. The summed E-state index contributed by atoms with van der Waals surface area (Å²) in [4.78, 5) is 0. The Kier molecular flexibility index (Phi) is 3.01. The number of benzene rings is 1. The maximum absolute atomic E-state index is 10.5. The van der Waals surface area contributed by atoms with Crippen molar-refractivity contribution in [3.8, 4) is 0 Å². The highest BCUT2D eigenvalue weighted by molar-refractivity contribution is 6.31. The van der Waals surface area contributed by atoms with E-state index < -0.39 is 5.60 Å². The quantitative estimate of drug-likeness (QED) is 0.798. The Morgan fingerprint density at radius 2 is 2.00 bits per heavy atom. The molecular weight excluding hydrogens is 212 g/mol. The number of halogens is 1. The van der Waals surface area contributed by atoms with E-state index in [1.54, 1.807) is 0 Å². The van der Waals surface area contributed by atoms with Crippen LogP contribution in [-0.2, 0) is 10.3 Å². The molecule has 0 radical (unpaired) electrons. The first-order valence-corrected chi connectivity index (χ1v) is 5.57. The third-order valence-electron chi connectivity index (χ3n) is 3.09. The number of hydrogen-bond donors (Lipinski definition) is 1. The molecule has 0 saturated carbocycles. The van der Waals surface area contributed by atoms with Gasteiger partial charge in [-0.1, -0.05) is 23.7 Å². The summed E-state index contributed by atoms with van der Waals surface area (Å²) >= 11 is 6.05. The fraction of sp³-hybridized carbons (Fsp3) is 0.500. The first-order chi connectivity index (χ1) is 7.13. The third kappa shape index (κ3) is 2.03. The topological polar surface area (TPSA) is 29.5 Å². The minimum absolute atomic E-state index is 0.614. The van der Waals surface area contributed by atoms with Crippen LogP contribution in [0.3, 0.4) is 0 Å². The van der Waals surface area contributed by atoms with Crippen molar-refractivity contribution in [3.63, 3.8) is 0 Å². The first kappa shape index (κ1) is 10.9. The highest BCUT2D eigenvalue weighted by atomic mass is 35.5. The molecule has 0 spiro atoms. The molecule has 0 unspecified atom stereocenters.